The predicted octanol–water partition coefficient (Wildman–Crippen LogP) is 6.05. The van der Waals surface area contributed by atoms with Crippen LogP contribution in [0.3, 0.4) is 0 Å². The summed E-state index contributed by atoms with van der Waals surface area (Å²) in [6.45, 7) is 6.22. The first-order valence-electron chi connectivity index (χ1n) is 9.14. The van der Waals surface area contributed by atoms with Crippen LogP contribution >= 0.6 is 0 Å². The van der Waals surface area contributed by atoms with Crippen molar-refractivity contribution in [3.8, 4) is 0 Å². The van der Waals surface area contributed by atoms with Gasteiger partial charge in [-0.15, -0.1) is 0 Å². The third-order valence-electron chi connectivity index (χ3n) is 4.53. The lowest BCUT2D eigenvalue weighted by atomic mass is 9.94. The lowest BCUT2D eigenvalue weighted by Gasteiger charge is -2.33. The van der Waals surface area contributed by atoms with Crippen LogP contribution in [0.5, 0.6) is 0 Å². The van der Waals surface area contributed by atoms with Gasteiger partial charge in [0.2, 0.25) is 0 Å². The van der Waals surface area contributed by atoms with Crippen LogP contribution < -0.4 is 5.32 Å². The predicted molar refractivity (Wildman–Crippen MR) is 99.1 cm³/mol. The van der Waals surface area contributed by atoms with E-state index in [-0.39, 0.29) is 24.3 Å². The number of benzene rings is 1. The smallest absolute Gasteiger partial charge is 0.372 e. The molecule has 1 saturated heterocycles. The Kier molecular flexibility index (Phi) is 7.71. The minimum absolute atomic E-state index is 0.113. The molecule has 0 saturated carbocycles. The molecule has 0 spiro atoms. The van der Waals surface area contributed by atoms with Crippen LogP contribution in [0, 0.1) is 0 Å². The second-order valence-corrected chi connectivity index (χ2v) is 6.80. The molecule has 8 heteroatoms. The van der Waals surface area contributed by atoms with Gasteiger partial charge in [0.1, 0.15) is 0 Å². The summed E-state index contributed by atoms with van der Waals surface area (Å²) >= 11 is 0. The van der Waals surface area contributed by atoms with Crippen molar-refractivity contribution in [3.63, 3.8) is 0 Å². The van der Waals surface area contributed by atoms with Gasteiger partial charge < -0.3 is 10.1 Å². The molecule has 0 aliphatic carbocycles. The Balaban J connectivity index is 2.19. The number of halogens is 6. The molecule has 1 aliphatic rings. The molecule has 2 rings (SSSR count). The molecular weight excluding hydrogens is 396 g/mol. The molecule has 1 heterocycles. The lowest BCUT2D eigenvalue weighted by Crippen LogP contribution is -2.46. The third kappa shape index (κ3) is 6.75. The Hall–Kier alpha value is -2.06. The number of nitrogens with one attached hydrogen (secondary N) is 1. The first-order valence-corrected chi connectivity index (χ1v) is 9.14. The molecule has 1 N–H and O–H groups in total. The van der Waals surface area contributed by atoms with Crippen LogP contribution in [-0.2, 0) is 23.7 Å². The zero-order valence-electron chi connectivity index (χ0n) is 15.9. The van der Waals surface area contributed by atoms with Crippen molar-refractivity contribution in [1.82, 2.24) is 5.32 Å². The Morgan fingerprint density at radius 3 is 2.28 bits per heavy atom. The third-order valence-corrected chi connectivity index (χ3v) is 4.53. The van der Waals surface area contributed by atoms with Crippen LogP contribution in [0.4, 0.5) is 26.3 Å². The number of ether oxygens (including phenoxy) is 1. The van der Waals surface area contributed by atoms with Crippen LogP contribution in [-0.4, -0.2) is 18.7 Å². The van der Waals surface area contributed by atoms with E-state index in [0.717, 1.165) is 18.5 Å². The van der Waals surface area contributed by atoms with Gasteiger partial charge in [0, 0.05) is 0 Å². The zero-order chi connectivity index (χ0) is 21.7. The molecule has 0 aromatic heterocycles. The Labute approximate surface area is 165 Å². The van der Waals surface area contributed by atoms with Crippen LogP contribution in [0.2, 0.25) is 0 Å². The molecule has 2 nitrogen and oxygen atoms in total. The first-order chi connectivity index (χ1) is 13.5. The maximum absolute atomic E-state index is 13.0. The number of rotatable bonds is 6. The molecule has 0 radical (unpaired) electrons. The van der Waals surface area contributed by atoms with E-state index in [0.29, 0.717) is 18.6 Å². The minimum Gasteiger partial charge on any atom is -0.372 e. The summed E-state index contributed by atoms with van der Waals surface area (Å²) in [5.41, 5.74) is -2.13. The summed E-state index contributed by atoms with van der Waals surface area (Å²) in [5, 5.41) is 3.24. The van der Waals surface area contributed by atoms with Crippen molar-refractivity contribution in [2.45, 2.75) is 50.9 Å². The summed E-state index contributed by atoms with van der Waals surface area (Å²) in [6.07, 6.45) is -1.49. The second-order valence-electron chi connectivity index (χ2n) is 6.80. The van der Waals surface area contributed by atoms with E-state index in [4.69, 9.17) is 4.74 Å². The van der Waals surface area contributed by atoms with Gasteiger partial charge in [-0.25, -0.2) is 0 Å². The monoisotopic (exact) mass is 419 g/mol. The van der Waals surface area contributed by atoms with Gasteiger partial charge in [-0.3, -0.25) is 0 Å². The molecule has 160 valence electrons. The Morgan fingerprint density at radius 2 is 1.72 bits per heavy atom. The summed E-state index contributed by atoms with van der Waals surface area (Å²) in [7, 11) is 0. The fraction of sp³-hybridized carbons (Fsp3) is 0.429. The maximum Gasteiger partial charge on any atom is 0.416 e. The van der Waals surface area contributed by atoms with Gasteiger partial charge in [-0.2, -0.15) is 26.3 Å². The van der Waals surface area contributed by atoms with Gasteiger partial charge >= 0.3 is 12.4 Å². The molecule has 1 aromatic carbocycles. The van der Waals surface area contributed by atoms with E-state index in [1.165, 1.54) is 0 Å². The fourth-order valence-electron chi connectivity index (χ4n) is 3.11. The Morgan fingerprint density at radius 1 is 1.10 bits per heavy atom. The summed E-state index contributed by atoms with van der Waals surface area (Å²) < 4.78 is 83.8. The van der Waals surface area contributed by atoms with Crippen molar-refractivity contribution in [2.75, 3.05) is 6.54 Å². The van der Waals surface area contributed by atoms with E-state index in [1.807, 2.05) is 19.1 Å². The number of hydrogen-bond donors (Lipinski definition) is 1. The Bertz CT molecular complexity index is 731. The molecule has 0 unspecified atom stereocenters. The second kappa shape index (κ2) is 9.63. The topological polar surface area (TPSA) is 21.3 Å². The van der Waals surface area contributed by atoms with Gasteiger partial charge in [-0.1, -0.05) is 30.9 Å². The van der Waals surface area contributed by atoms with Gasteiger partial charge in [0.15, 0.2) is 0 Å². The fourth-order valence-corrected chi connectivity index (χ4v) is 3.11. The zero-order valence-corrected chi connectivity index (χ0v) is 15.9. The van der Waals surface area contributed by atoms with Crippen LogP contribution in [0.25, 0.3) is 0 Å². The van der Waals surface area contributed by atoms with E-state index < -0.39 is 29.6 Å². The van der Waals surface area contributed by atoms with Crippen molar-refractivity contribution in [1.29, 1.82) is 0 Å². The highest BCUT2D eigenvalue weighted by molar-refractivity contribution is 5.33. The lowest BCUT2D eigenvalue weighted by molar-refractivity contribution is -0.143. The van der Waals surface area contributed by atoms with E-state index in [1.54, 1.807) is 12.2 Å². The quantitative estimate of drug-likeness (QED) is 0.448. The number of alkyl halides is 6. The molecule has 1 aliphatic heterocycles. The molecular formula is C21H23F6NO. The van der Waals surface area contributed by atoms with Crippen molar-refractivity contribution < 1.29 is 31.1 Å². The van der Waals surface area contributed by atoms with Crippen molar-refractivity contribution >= 4 is 0 Å². The summed E-state index contributed by atoms with van der Waals surface area (Å²) in [6, 6.07) is 1.24. The number of piperidine rings is 1. The standard InChI is InChI=1S/C21H23F6NO/c1-3-4-5-7-14(2)19-18(8-6-9-28-19)29-13-15-10-16(20(22,23)24)12-17(11-15)21(25,26)27/h3-5,7,10-12,18-19,28H,2,6,8-9,13H2,1H3/b4-3-,7-5-/t18-,19-/m0/s1. The van der Waals surface area contributed by atoms with Crippen molar-refractivity contribution in [3.05, 3.63) is 71.3 Å². The number of hydrogen-bond acceptors (Lipinski definition) is 2. The first kappa shape index (κ1) is 23.2. The molecule has 0 bridgehead atoms. The van der Waals surface area contributed by atoms with Crippen molar-refractivity contribution in [2.24, 2.45) is 0 Å². The largest absolute Gasteiger partial charge is 0.416 e. The van der Waals surface area contributed by atoms with Crippen LogP contribution in [0.1, 0.15) is 36.5 Å². The average Bonchev–Trinajstić information content (AvgIpc) is 2.65. The highest BCUT2D eigenvalue weighted by atomic mass is 19.4. The summed E-state index contributed by atoms with van der Waals surface area (Å²) in [5.74, 6) is 0. The normalized spacial score (nSPS) is 21.2. The average molecular weight is 419 g/mol. The van der Waals surface area contributed by atoms with E-state index in [9.17, 15) is 26.3 Å². The van der Waals surface area contributed by atoms with Gasteiger partial charge in [-0.05, 0) is 55.6 Å². The minimum atomic E-state index is -4.88. The molecule has 0 amide bonds. The molecule has 1 fully saturated rings. The maximum atomic E-state index is 13.0. The number of allylic oxidation sites excluding steroid dienone is 3. The van der Waals surface area contributed by atoms with Gasteiger partial charge in [0.05, 0.1) is 29.9 Å². The van der Waals surface area contributed by atoms with E-state index in [2.05, 4.69) is 11.9 Å². The molecule has 2 atom stereocenters. The molecule has 29 heavy (non-hydrogen) atoms. The van der Waals surface area contributed by atoms with E-state index >= 15 is 0 Å². The molecule has 1 aromatic rings. The SMILES string of the molecule is C=C(/C=C\C=C/C)[C@@H]1NCCC[C@@H]1OCc1cc(C(F)(F)F)cc(C(F)(F)F)c1. The van der Waals surface area contributed by atoms with Gasteiger partial charge in [0.25, 0.3) is 0 Å². The summed E-state index contributed by atoms with van der Waals surface area (Å²) in [4.78, 5) is 0. The van der Waals surface area contributed by atoms with Crippen LogP contribution in [0.15, 0.2) is 54.7 Å². The highest BCUT2D eigenvalue weighted by Crippen LogP contribution is 2.36. The highest BCUT2D eigenvalue weighted by Gasteiger charge is 2.37.